The Bertz CT molecular complexity index is 933. The van der Waals surface area contributed by atoms with Crippen molar-refractivity contribution in [3.8, 4) is 0 Å². The number of carbonyl (C=O) groups excluding carboxylic acids is 1. The molecule has 1 aromatic heterocycles. The molecule has 0 fully saturated rings. The Labute approximate surface area is 184 Å². The van der Waals surface area contributed by atoms with E-state index in [-0.39, 0.29) is 11.9 Å². The summed E-state index contributed by atoms with van der Waals surface area (Å²) < 4.78 is 34.0. The molecule has 2 heterocycles. The highest BCUT2D eigenvalue weighted by atomic mass is 19.4. The average molecular weight is 452 g/mol. The standard InChI is InChI=1S/C20H26N4O.C2HF3O2/c1-22(2)11-19-13-23(12-18-10-21-14-24(18)19)20(25)9-15-7-16-5-3-4-6-17(16)8-15;3-2(4,5)1(6)7/h3-6,10,14-15,19H,7-9,11-13H2,1-2H3;(H,6,7). The molecule has 0 bridgehead atoms. The fourth-order valence-electron chi connectivity index (χ4n) is 4.31. The molecule has 1 aromatic carbocycles. The van der Waals surface area contributed by atoms with Crippen molar-refractivity contribution in [2.45, 2.75) is 38.0 Å². The van der Waals surface area contributed by atoms with E-state index < -0.39 is 12.1 Å². The Morgan fingerprint density at radius 1 is 1.19 bits per heavy atom. The van der Waals surface area contributed by atoms with Crippen LogP contribution in [0.25, 0.3) is 0 Å². The van der Waals surface area contributed by atoms with E-state index in [0.29, 0.717) is 18.9 Å². The number of carbonyl (C=O) groups is 2. The Morgan fingerprint density at radius 3 is 2.31 bits per heavy atom. The number of alkyl halides is 3. The van der Waals surface area contributed by atoms with Gasteiger partial charge in [-0.2, -0.15) is 13.2 Å². The number of aromatic nitrogens is 2. The van der Waals surface area contributed by atoms with Gasteiger partial charge in [0, 0.05) is 25.7 Å². The number of rotatable bonds is 4. The Balaban J connectivity index is 0.000000360. The van der Waals surface area contributed by atoms with Crippen molar-refractivity contribution in [3.05, 3.63) is 53.6 Å². The highest BCUT2D eigenvalue weighted by Crippen LogP contribution is 2.30. The summed E-state index contributed by atoms with van der Waals surface area (Å²) in [6, 6.07) is 8.88. The molecule has 1 amide bonds. The van der Waals surface area contributed by atoms with Crippen molar-refractivity contribution in [1.29, 1.82) is 0 Å². The lowest BCUT2D eigenvalue weighted by Crippen LogP contribution is -2.44. The van der Waals surface area contributed by atoms with Crippen LogP contribution in [0.3, 0.4) is 0 Å². The van der Waals surface area contributed by atoms with Crippen LogP contribution in [0.4, 0.5) is 13.2 Å². The van der Waals surface area contributed by atoms with Crippen LogP contribution < -0.4 is 0 Å². The third-order valence-corrected chi connectivity index (χ3v) is 5.69. The third-order valence-electron chi connectivity index (χ3n) is 5.69. The van der Waals surface area contributed by atoms with Crippen molar-refractivity contribution < 1.29 is 27.9 Å². The van der Waals surface area contributed by atoms with Crippen LogP contribution in [0.2, 0.25) is 0 Å². The molecule has 1 aliphatic carbocycles. The summed E-state index contributed by atoms with van der Waals surface area (Å²) in [5.41, 5.74) is 3.98. The molecule has 2 aromatic rings. The van der Waals surface area contributed by atoms with E-state index in [4.69, 9.17) is 9.90 Å². The fourth-order valence-corrected chi connectivity index (χ4v) is 4.31. The van der Waals surface area contributed by atoms with Crippen LogP contribution in [-0.2, 0) is 29.0 Å². The summed E-state index contributed by atoms with van der Waals surface area (Å²) in [6.45, 7) is 2.38. The first-order chi connectivity index (χ1) is 15.0. The Morgan fingerprint density at radius 2 is 1.78 bits per heavy atom. The van der Waals surface area contributed by atoms with E-state index in [1.807, 2.05) is 17.4 Å². The fraction of sp³-hybridized carbons (Fsp3) is 0.500. The zero-order valence-electron chi connectivity index (χ0n) is 18.0. The van der Waals surface area contributed by atoms with Crippen molar-refractivity contribution in [2.75, 3.05) is 27.2 Å². The number of halogens is 3. The molecule has 32 heavy (non-hydrogen) atoms. The molecule has 174 valence electrons. The maximum Gasteiger partial charge on any atom is 0.490 e. The maximum atomic E-state index is 13.0. The smallest absolute Gasteiger partial charge is 0.475 e. The highest BCUT2D eigenvalue weighted by molar-refractivity contribution is 5.77. The largest absolute Gasteiger partial charge is 0.490 e. The van der Waals surface area contributed by atoms with Crippen molar-refractivity contribution >= 4 is 11.9 Å². The SMILES string of the molecule is CN(C)CC1CN(C(=O)CC2Cc3ccccc3C2)Cc2cncn21.O=C(O)C(F)(F)F. The van der Waals surface area contributed by atoms with Crippen molar-refractivity contribution in [3.63, 3.8) is 0 Å². The molecule has 1 unspecified atom stereocenters. The summed E-state index contributed by atoms with van der Waals surface area (Å²) in [5, 5.41) is 7.12. The summed E-state index contributed by atoms with van der Waals surface area (Å²) in [5.74, 6) is -2.02. The van der Waals surface area contributed by atoms with E-state index in [9.17, 15) is 18.0 Å². The van der Waals surface area contributed by atoms with Crippen LogP contribution in [0.1, 0.15) is 29.3 Å². The van der Waals surface area contributed by atoms with Gasteiger partial charge in [0.2, 0.25) is 5.91 Å². The Kier molecular flexibility index (Phi) is 7.22. The topological polar surface area (TPSA) is 78.7 Å². The zero-order valence-corrected chi connectivity index (χ0v) is 18.0. The number of hydrogen-bond donors (Lipinski definition) is 1. The van der Waals surface area contributed by atoms with Gasteiger partial charge < -0.3 is 19.5 Å². The van der Waals surface area contributed by atoms with E-state index >= 15 is 0 Å². The molecule has 0 radical (unpaired) electrons. The second-order valence-electron chi connectivity index (χ2n) is 8.53. The predicted molar refractivity (Wildman–Crippen MR) is 111 cm³/mol. The molecule has 1 atom stereocenters. The van der Waals surface area contributed by atoms with Gasteiger partial charge in [-0.25, -0.2) is 9.78 Å². The number of imidazole rings is 1. The van der Waals surface area contributed by atoms with E-state index in [0.717, 1.165) is 31.6 Å². The van der Waals surface area contributed by atoms with E-state index in [1.165, 1.54) is 11.1 Å². The lowest BCUT2D eigenvalue weighted by atomic mass is 10.0. The van der Waals surface area contributed by atoms with Crippen LogP contribution in [0.5, 0.6) is 0 Å². The van der Waals surface area contributed by atoms with E-state index in [2.05, 4.69) is 52.8 Å². The quantitative estimate of drug-likeness (QED) is 0.772. The number of benzene rings is 1. The Hall–Kier alpha value is -2.88. The minimum Gasteiger partial charge on any atom is -0.475 e. The van der Waals surface area contributed by atoms with Crippen LogP contribution in [0, 0.1) is 5.92 Å². The number of hydrogen-bond acceptors (Lipinski definition) is 4. The van der Waals surface area contributed by atoms with Gasteiger partial charge in [-0.1, -0.05) is 24.3 Å². The second-order valence-corrected chi connectivity index (χ2v) is 8.53. The van der Waals surface area contributed by atoms with E-state index in [1.54, 1.807) is 0 Å². The molecular formula is C22H27F3N4O3. The number of carboxylic acid groups (broad SMARTS) is 1. The summed E-state index contributed by atoms with van der Waals surface area (Å²) in [7, 11) is 4.15. The molecule has 1 aliphatic heterocycles. The summed E-state index contributed by atoms with van der Waals surface area (Å²) in [6.07, 6.45) is 1.44. The molecule has 0 spiro atoms. The minimum absolute atomic E-state index is 0.283. The van der Waals surface area contributed by atoms with Gasteiger partial charge in [0.05, 0.1) is 24.6 Å². The zero-order chi connectivity index (χ0) is 23.5. The van der Waals surface area contributed by atoms with Gasteiger partial charge in [-0.15, -0.1) is 0 Å². The molecule has 7 nitrogen and oxygen atoms in total. The molecule has 10 heteroatoms. The molecule has 4 rings (SSSR count). The van der Waals surface area contributed by atoms with Crippen LogP contribution in [0.15, 0.2) is 36.8 Å². The van der Waals surface area contributed by atoms with Gasteiger partial charge >= 0.3 is 12.1 Å². The third kappa shape index (κ3) is 5.87. The van der Waals surface area contributed by atoms with Gasteiger partial charge in [0.15, 0.2) is 0 Å². The summed E-state index contributed by atoms with van der Waals surface area (Å²) >= 11 is 0. The lowest BCUT2D eigenvalue weighted by molar-refractivity contribution is -0.192. The number of fused-ring (bicyclic) bond motifs is 2. The number of likely N-dealkylation sites (N-methyl/N-ethyl adjacent to an activating group) is 1. The minimum atomic E-state index is -5.08. The number of nitrogens with zero attached hydrogens (tertiary/aromatic N) is 4. The lowest BCUT2D eigenvalue weighted by Gasteiger charge is -2.36. The second kappa shape index (κ2) is 9.72. The average Bonchev–Trinajstić information content (AvgIpc) is 3.33. The van der Waals surface area contributed by atoms with Gasteiger partial charge in [0.1, 0.15) is 0 Å². The van der Waals surface area contributed by atoms with Crippen LogP contribution >= 0.6 is 0 Å². The first-order valence-corrected chi connectivity index (χ1v) is 10.3. The molecule has 1 N–H and O–H groups in total. The number of amides is 1. The first-order valence-electron chi connectivity index (χ1n) is 10.3. The maximum absolute atomic E-state index is 13.0. The summed E-state index contributed by atoms with van der Waals surface area (Å²) in [4.78, 5) is 30.4. The highest BCUT2D eigenvalue weighted by Gasteiger charge is 2.38. The predicted octanol–water partition coefficient (Wildman–Crippen LogP) is 2.77. The molecule has 0 saturated heterocycles. The van der Waals surface area contributed by atoms with Crippen molar-refractivity contribution in [1.82, 2.24) is 19.4 Å². The van der Waals surface area contributed by atoms with Crippen LogP contribution in [-0.4, -0.2) is 69.7 Å². The van der Waals surface area contributed by atoms with Gasteiger partial charge in [-0.3, -0.25) is 4.79 Å². The monoisotopic (exact) mass is 452 g/mol. The normalized spacial score (nSPS) is 18.1. The number of aliphatic carboxylic acids is 1. The van der Waals surface area contributed by atoms with Gasteiger partial charge in [-0.05, 0) is 44.0 Å². The molecule has 2 aliphatic rings. The molecular weight excluding hydrogens is 425 g/mol. The van der Waals surface area contributed by atoms with Gasteiger partial charge in [0.25, 0.3) is 0 Å². The first kappa shape index (κ1) is 23.8. The number of carboxylic acids is 1. The molecule has 0 saturated carbocycles. The van der Waals surface area contributed by atoms with Crippen molar-refractivity contribution in [2.24, 2.45) is 5.92 Å².